The monoisotopic (exact) mass is 329 g/mol. The first kappa shape index (κ1) is 18.3. The largest absolute Gasteiger partial charge is 0.495 e. The third kappa shape index (κ3) is 4.27. The van der Waals surface area contributed by atoms with Crippen LogP contribution in [0, 0.1) is 23.2 Å². The van der Waals surface area contributed by atoms with Gasteiger partial charge in [-0.3, -0.25) is 4.79 Å². The Kier molecular flexibility index (Phi) is 6.22. The first-order valence-electron chi connectivity index (χ1n) is 8.55. The molecule has 0 unspecified atom stereocenters. The first-order valence-corrected chi connectivity index (χ1v) is 8.55. The minimum atomic E-state index is 0.0606. The maximum Gasteiger partial charge on any atom is 0.225 e. The molecule has 130 valence electrons. The van der Waals surface area contributed by atoms with Crippen molar-refractivity contribution in [3.05, 3.63) is 29.3 Å². The van der Waals surface area contributed by atoms with E-state index >= 15 is 0 Å². The van der Waals surface area contributed by atoms with Crippen molar-refractivity contribution < 1.29 is 9.53 Å². The third-order valence-electron chi connectivity index (χ3n) is 4.66. The van der Waals surface area contributed by atoms with Crippen molar-refractivity contribution in [2.45, 2.75) is 39.8 Å². The van der Waals surface area contributed by atoms with Gasteiger partial charge in [-0.05, 0) is 30.0 Å². The summed E-state index contributed by atoms with van der Waals surface area (Å²) in [7, 11) is 1.57. The standard InChI is InChI=1S/C19H27N3O2/c1-13(2)19(23)22-8-7-17(14(3)12-22)21-11-15-5-6-18(24-4)16(9-15)10-20/h5-6,9,13-14,17,21H,7-8,11-12H2,1-4H3/t14-,17-/m1/s1. The van der Waals surface area contributed by atoms with Crippen LogP contribution in [0.15, 0.2) is 18.2 Å². The zero-order valence-electron chi connectivity index (χ0n) is 15.0. The molecule has 1 fully saturated rings. The fourth-order valence-electron chi connectivity index (χ4n) is 3.22. The summed E-state index contributed by atoms with van der Waals surface area (Å²) in [4.78, 5) is 14.1. The zero-order valence-corrected chi connectivity index (χ0v) is 15.0. The van der Waals surface area contributed by atoms with Gasteiger partial charge in [-0.25, -0.2) is 0 Å². The van der Waals surface area contributed by atoms with Crippen molar-refractivity contribution >= 4 is 5.91 Å². The number of nitrogens with zero attached hydrogens (tertiary/aromatic N) is 2. The molecule has 1 aromatic carbocycles. The summed E-state index contributed by atoms with van der Waals surface area (Å²) in [5.74, 6) is 1.32. The van der Waals surface area contributed by atoms with E-state index in [9.17, 15) is 10.1 Å². The molecule has 1 saturated heterocycles. The SMILES string of the molecule is COc1ccc(CN[C@@H]2CCN(C(=O)C(C)C)C[C@H]2C)cc1C#N. The smallest absolute Gasteiger partial charge is 0.225 e. The van der Waals surface area contributed by atoms with Gasteiger partial charge in [0, 0.05) is 31.6 Å². The second-order valence-electron chi connectivity index (χ2n) is 6.84. The van der Waals surface area contributed by atoms with Gasteiger partial charge in [0.15, 0.2) is 0 Å². The fraction of sp³-hybridized carbons (Fsp3) is 0.579. The molecule has 0 saturated carbocycles. The molecule has 1 aliphatic heterocycles. The molecule has 0 spiro atoms. The van der Waals surface area contributed by atoms with E-state index in [1.807, 2.05) is 36.9 Å². The molecule has 24 heavy (non-hydrogen) atoms. The molecule has 1 aromatic rings. The van der Waals surface area contributed by atoms with E-state index in [-0.39, 0.29) is 11.8 Å². The topological polar surface area (TPSA) is 65.4 Å². The zero-order chi connectivity index (χ0) is 17.7. The van der Waals surface area contributed by atoms with Crippen LogP contribution in [0.1, 0.15) is 38.3 Å². The molecule has 1 amide bonds. The highest BCUT2D eigenvalue weighted by molar-refractivity contribution is 5.78. The van der Waals surface area contributed by atoms with Gasteiger partial charge in [0.2, 0.25) is 5.91 Å². The van der Waals surface area contributed by atoms with E-state index in [0.717, 1.165) is 25.1 Å². The number of methoxy groups -OCH3 is 1. The predicted octanol–water partition coefficient (Wildman–Crippen LogP) is 2.55. The number of ether oxygens (including phenoxy) is 1. The highest BCUT2D eigenvalue weighted by Crippen LogP contribution is 2.21. The summed E-state index contributed by atoms with van der Waals surface area (Å²) in [6, 6.07) is 8.23. The molecule has 0 bridgehead atoms. The quantitative estimate of drug-likeness (QED) is 0.901. The van der Waals surface area contributed by atoms with Gasteiger partial charge in [-0.1, -0.05) is 26.8 Å². The Balaban J connectivity index is 1.92. The summed E-state index contributed by atoms with van der Waals surface area (Å²) in [5.41, 5.74) is 1.63. The van der Waals surface area contributed by atoms with Gasteiger partial charge >= 0.3 is 0 Å². The number of nitriles is 1. The molecule has 2 atom stereocenters. The van der Waals surface area contributed by atoms with E-state index < -0.39 is 0 Å². The normalized spacial score (nSPS) is 20.8. The Hall–Kier alpha value is -2.06. The van der Waals surface area contributed by atoms with Crippen molar-refractivity contribution in [3.8, 4) is 11.8 Å². The van der Waals surface area contributed by atoms with Gasteiger partial charge in [0.05, 0.1) is 12.7 Å². The molecule has 0 aromatic heterocycles. The minimum absolute atomic E-state index is 0.0606. The third-order valence-corrected chi connectivity index (χ3v) is 4.66. The number of rotatable bonds is 5. The van der Waals surface area contributed by atoms with Crippen molar-refractivity contribution in [2.75, 3.05) is 20.2 Å². The van der Waals surface area contributed by atoms with Gasteiger partial charge < -0.3 is 15.0 Å². The Morgan fingerprint density at radius 3 is 2.83 bits per heavy atom. The maximum absolute atomic E-state index is 12.1. The van der Waals surface area contributed by atoms with Gasteiger partial charge in [0.1, 0.15) is 11.8 Å². The van der Waals surface area contributed by atoms with Crippen LogP contribution >= 0.6 is 0 Å². The lowest BCUT2D eigenvalue weighted by Gasteiger charge is -2.38. The van der Waals surface area contributed by atoms with E-state index in [0.29, 0.717) is 29.8 Å². The minimum Gasteiger partial charge on any atom is -0.495 e. The molecule has 1 aliphatic rings. The summed E-state index contributed by atoms with van der Waals surface area (Å²) >= 11 is 0. The van der Waals surface area contributed by atoms with Crippen LogP contribution in [-0.4, -0.2) is 37.0 Å². The maximum atomic E-state index is 12.1. The van der Waals surface area contributed by atoms with Gasteiger partial charge in [0.25, 0.3) is 0 Å². The molecule has 1 heterocycles. The second kappa shape index (κ2) is 8.16. The first-order chi connectivity index (χ1) is 11.5. The van der Waals surface area contributed by atoms with Gasteiger partial charge in [-0.15, -0.1) is 0 Å². The number of likely N-dealkylation sites (tertiary alicyclic amines) is 1. The molecular formula is C19H27N3O2. The fourth-order valence-corrected chi connectivity index (χ4v) is 3.22. The molecule has 5 nitrogen and oxygen atoms in total. The Morgan fingerprint density at radius 2 is 2.25 bits per heavy atom. The van der Waals surface area contributed by atoms with E-state index in [1.54, 1.807) is 7.11 Å². The molecule has 2 rings (SSSR count). The lowest BCUT2D eigenvalue weighted by molar-refractivity contribution is -0.136. The van der Waals surface area contributed by atoms with Crippen molar-refractivity contribution in [1.29, 1.82) is 5.26 Å². The Bertz CT molecular complexity index is 622. The highest BCUT2D eigenvalue weighted by atomic mass is 16.5. The number of nitrogens with one attached hydrogen (secondary N) is 1. The van der Waals surface area contributed by atoms with E-state index in [4.69, 9.17) is 4.74 Å². The van der Waals surface area contributed by atoms with Crippen molar-refractivity contribution in [3.63, 3.8) is 0 Å². The number of amides is 1. The molecule has 5 heteroatoms. The van der Waals surface area contributed by atoms with Crippen LogP contribution < -0.4 is 10.1 Å². The second-order valence-corrected chi connectivity index (χ2v) is 6.84. The molecular weight excluding hydrogens is 302 g/mol. The number of carbonyl (C=O) groups excluding carboxylic acids is 1. The molecule has 1 N–H and O–H groups in total. The molecule has 0 radical (unpaired) electrons. The lowest BCUT2D eigenvalue weighted by atomic mass is 9.92. The van der Waals surface area contributed by atoms with Crippen molar-refractivity contribution in [1.82, 2.24) is 10.2 Å². The number of benzene rings is 1. The highest BCUT2D eigenvalue weighted by Gasteiger charge is 2.29. The van der Waals surface area contributed by atoms with Crippen LogP contribution in [0.2, 0.25) is 0 Å². The van der Waals surface area contributed by atoms with E-state index in [1.165, 1.54) is 0 Å². The summed E-state index contributed by atoms with van der Waals surface area (Å²) in [5, 5.41) is 12.7. The summed E-state index contributed by atoms with van der Waals surface area (Å²) in [6.45, 7) is 8.42. The van der Waals surface area contributed by atoms with Crippen LogP contribution in [0.3, 0.4) is 0 Å². The van der Waals surface area contributed by atoms with E-state index in [2.05, 4.69) is 18.3 Å². The average Bonchev–Trinajstić information content (AvgIpc) is 2.59. The summed E-state index contributed by atoms with van der Waals surface area (Å²) in [6.07, 6.45) is 0.959. The number of hydrogen-bond acceptors (Lipinski definition) is 4. The van der Waals surface area contributed by atoms with Gasteiger partial charge in [-0.2, -0.15) is 5.26 Å². The van der Waals surface area contributed by atoms with Crippen molar-refractivity contribution in [2.24, 2.45) is 11.8 Å². The Labute approximate surface area is 144 Å². The van der Waals surface area contributed by atoms with Crippen LogP contribution in [-0.2, 0) is 11.3 Å². The number of carbonyl (C=O) groups is 1. The molecule has 0 aliphatic carbocycles. The number of piperidine rings is 1. The lowest BCUT2D eigenvalue weighted by Crippen LogP contribution is -2.50. The van der Waals surface area contributed by atoms with Crippen LogP contribution in [0.4, 0.5) is 0 Å². The van der Waals surface area contributed by atoms with Crippen LogP contribution in [0.25, 0.3) is 0 Å². The van der Waals surface area contributed by atoms with Crippen LogP contribution in [0.5, 0.6) is 5.75 Å². The predicted molar refractivity (Wildman–Crippen MR) is 93.5 cm³/mol. The average molecular weight is 329 g/mol. The number of hydrogen-bond donors (Lipinski definition) is 1. The summed E-state index contributed by atoms with van der Waals surface area (Å²) < 4.78 is 5.18. The Morgan fingerprint density at radius 1 is 1.50 bits per heavy atom.